The van der Waals surface area contributed by atoms with Gasteiger partial charge in [0.1, 0.15) is 0 Å². The number of carbonyl (C=O) groups excluding carboxylic acids is 1. The molecule has 0 unspecified atom stereocenters. The molecule has 1 amide bonds. The van der Waals surface area contributed by atoms with Gasteiger partial charge in [0.25, 0.3) is 0 Å². The number of para-hydroxylation sites is 1. The topological polar surface area (TPSA) is 90.5 Å². The van der Waals surface area contributed by atoms with E-state index >= 15 is 0 Å². The van der Waals surface area contributed by atoms with Crippen molar-refractivity contribution in [3.63, 3.8) is 0 Å². The Morgan fingerprint density at radius 3 is 2.94 bits per heavy atom. The maximum absolute atomic E-state index is 14.5. The summed E-state index contributed by atoms with van der Waals surface area (Å²) < 4.78 is 19.9. The number of ether oxygens (including phenoxy) is 1. The third kappa shape index (κ3) is 4.59. The first-order chi connectivity index (χ1) is 17.1. The van der Waals surface area contributed by atoms with E-state index < -0.39 is 0 Å². The summed E-state index contributed by atoms with van der Waals surface area (Å²) in [4.78, 5) is 23.1. The molecule has 2 aromatic carbocycles. The molecule has 0 aliphatic carbocycles. The smallest absolute Gasteiger partial charge is 0.236 e. The largest absolute Gasteiger partial charge is 0.491 e. The van der Waals surface area contributed by atoms with Crippen LogP contribution in [0.5, 0.6) is 5.75 Å². The maximum Gasteiger partial charge on any atom is 0.236 e. The number of H-pyrrole nitrogens is 1. The van der Waals surface area contributed by atoms with E-state index in [0.717, 1.165) is 44.3 Å². The molecule has 182 valence electrons. The molecule has 0 saturated heterocycles. The Balaban J connectivity index is 1.54. The number of aromatic nitrogens is 2. The summed E-state index contributed by atoms with van der Waals surface area (Å²) in [7, 11) is 0. The predicted molar refractivity (Wildman–Crippen MR) is 133 cm³/mol. The van der Waals surface area contributed by atoms with Gasteiger partial charge in [-0.05, 0) is 42.7 Å². The molecule has 0 bridgehead atoms. The van der Waals surface area contributed by atoms with Crippen molar-refractivity contribution in [3.05, 3.63) is 70.8 Å². The van der Waals surface area contributed by atoms with E-state index in [1.165, 1.54) is 6.07 Å². The van der Waals surface area contributed by atoms with Gasteiger partial charge in [-0.15, -0.1) is 0 Å². The minimum absolute atomic E-state index is 0.00822. The molecule has 4 aromatic rings. The number of pyridine rings is 1. The van der Waals surface area contributed by atoms with Gasteiger partial charge in [0, 0.05) is 35.8 Å². The van der Waals surface area contributed by atoms with Crippen LogP contribution in [0.15, 0.2) is 42.5 Å². The van der Waals surface area contributed by atoms with Crippen molar-refractivity contribution in [2.24, 2.45) is 0 Å². The van der Waals surface area contributed by atoms with Gasteiger partial charge >= 0.3 is 0 Å². The highest BCUT2D eigenvalue weighted by Gasteiger charge is 2.26. The highest BCUT2D eigenvalue weighted by Crippen LogP contribution is 2.35. The molecular formula is C27H29FN4O3. The SMILES string of the molecule is CCOc1ccc(Cc2nc3c(c4c2[nH]c2ccccc24)CCN(C(=O)CNCCO)C3)cc1F. The van der Waals surface area contributed by atoms with E-state index in [-0.39, 0.29) is 30.6 Å². The number of fused-ring (bicyclic) bond motifs is 5. The van der Waals surface area contributed by atoms with Gasteiger partial charge in [-0.25, -0.2) is 4.39 Å². The van der Waals surface area contributed by atoms with Gasteiger partial charge in [0.15, 0.2) is 11.6 Å². The van der Waals surface area contributed by atoms with E-state index in [9.17, 15) is 9.18 Å². The molecule has 0 fully saturated rings. The molecule has 0 radical (unpaired) electrons. The first-order valence-corrected chi connectivity index (χ1v) is 12.0. The number of amides is 1. The molecule has 0 saturated carbocycles. The Bertz CT molecular complexity index is 1380. The number of hydrogen-bond acceptors (Lipinski definition) is 5. The fourth-order valence-corrected chi connectivity index (χ4v) is 4.86. The number of nitrogens with zero attached hydrogens (tertiary/aromatic N) is 2. The van der Waals surface area contributed by atoms with Crippen LogP contribution >= 0.6 is 0 Å². The van der Waals surface area contributed by atoms with Crippen molar-refractivity contribution in [1.82, 2.24) is 20.2 Å². The van der Waals surface area contributed by atoms with E-state index in [1.807, 2.05) is 31.2 Å². The van der Waals surface area contributed by atoms with Crippen LogP contribution in [0.3, 0.4) is 0 Å². The Kier molecular flexibility index (Phi) is 6.66. The lowest BCUT2D eigenvalue weighted by Gasteiger charge is -2.29. The van der Waals surface area contributed by atoms with Gasteiger partial charge in [0.05, 0.1) is 43.2 Å². The van der Waals surface area contributed by atoms with Crippen LogP contribution in [0.25, 0.3) is 21.8 Å². The molecule has 1 aliphatic heterocycles. The first kappa shape index (κ1) is 23.3. The molecule has 3 heterocycles. The highest BCUT2D eigenvalue weighted by atomic mass is 19.1. The van der Waals surface area contributed by atoms with Gasteiger partial charge in [-0.2, -0.15) is 0 Å². The third-order valence-corrected chi connectivity index (χ3v) is 6.47. The van der Waals surface area contributed by atoms with Crippen molar-refractivity contribution in [2.75, 3.05) is 32.8 Å². The Morgan fingerprint density at radius 1 is 1.29 bits per heavy atom. The quantitative estimate of drug-likeness (QED) is 0.340. The minimum atomic E-state index is -0.387. The van der Waals surface area contributed by atoms with E-state index in [4.69, 9.17) is 14.8 Å². The van der Waals surface area contributed by atoms with Crippen molar-refractivity contribution < 1.29 is 19.0 Å². The van der Waals surface area contributed by atoms with Crippen molar-refractivity contribution in [3.8, 4) is 5.75 Å². The monoisotopic (exact) mass is 476 g/mol. The molecule has 0 spiro atoms. The van der Waals surface area contributed by atoms with Gasteiger partial charge in [-0.3, -0.25) is 9.78 Å². The van der Waals surface area contributed by atoms with Gasteiger partial charge in [-0.1, -0.05) is 24.3 Å². The zero-order valence-electron chi connectivity index (χ0n) is 19.7. The fourth-order valence-electron chi connectivity index (χ4n) is 4.86. The van der Waals surface area contributed by atoms with Crippen molar-refractivity contribution >= 4 is 27.7 Å². The molecule has 8 heteroatoms. The zero-order chi connectivity index (χ0) is 24.4. The highest BCUT2D eigenvalue weighted by molar-refractivity contribution is 6.10. The summed E-state index contributed by atoms with van der Waals surface area (Å²) in [6.07, 6.45) is 1.16. The molecule has 3 N–H and O–H groups in total. The van der Waals surface area contributed by atoms with E-state index in [1.54, 1.807) is 11.0 Å². The normalized spacial score (nSPS) is 13.4. The standard InChI is InChI=1S/C27H29FN4O3/c1-2-35-24-8-7-17(13-20(24)28)14-22-27-26(18-5-3-4-6-21(18)31-27)19-9-11-32(16-23(19)30-22)25(34)15-29-10-12-33/h3-8,13,29,31,33H,2,9-12,14-16H2,1H3. The third-order valence-electron chi connectivity index (χ3n) is 6.47. The predicted octanol–water partition coefficient (Wildman–Crippen LogP) is 3.31. The van der Waals surface area contributed by atoms with Crippen LogP contribution in [0.2, 0.25) is 0 Å². The average molecular weight is 477 g/mol. The second kappa shape index (κ2) is 10.0. The molecule has 5 rings (SSSR count). The lowest BCUT2D eigenvalue weighted by atomic mass is 9.96. The number of rotatable bonds is 8. The molecule has 1 aliphatic rings. The minimum Gasteiger partial charge on any atom is -0.491 e. The number of carbonyl (C=O) groups is 1. The molecular weight excluding hydrogens is 447 g/mol. The summed E-state index contributed by atoms with van der Waals surface area (Å²) in [6.45, 7) is 3.83. The van der Waals surface area contributed by atoms with E-state index in [0.29, 0.717) is 39.1 Å². The lowest BCUT2D eigenvalue weighted by molar-refractivity contribution is -0.131. The van der Waals surface area contributed by atoms with Crippen LogP contribution in [0.1, 0.15) is 29.4 Å². The van der Waals surface area contributed by atoms with Crippen LogP contribution in [0.4, 0.5) is 4.39 Å². The number of benzene rings is 2. The Morgan fingerprint density at radius 2 is 2.14 bits per heavy atom. The number of nitrogens with one attached hydrogen (secondary N) is 2. The number of aliphatic hydroxyl groups is 1. The second-order valence-electron chi connectivity index (χ2n) is 8.74. The van der Waals surface area contributed by atoms with E-state index in [2.05, 4.69) is 16.4 Å². The van der Waals surface area contributed by atoms with Crippen LogP contribution in [-0.4, -0.2) is 58.7 Å². The van der Waals surface area contributed by atoms with Crippen LogP contribution in [-0.2, 0) is 24.2 Å². The summed E-state index contributed by atoms with van der Waals surface area (Å²) in [5.74, 6) is -0.156. The number of hydrogen-bond donors (Lipinski definition) is 3. The van der Waals surface area contributed by atoms with Gasteiger partial charge < -0.3 is 25.0 Å². The fraction of sp³-hybridized carbons (Fsp3) is 0.333. The van der Waals surface area contributed by atoms with Gasteiger partial charge in [0.2, 0.25) is 5.91 Å². The average Bonchev–Trinajstić information content (AvgIpc) is 3.26. The lowest BCUT2D eigenvalue weighted by Crippen LogP contribution is -2.42. The summed E-state index contributed by atoms with van der Waals surface area (Å²) in [6, 6.07) is 13.2. The summed E-state index contributed by atoms with van der Waals surface area (Å²) >= 11 is 0. The molecule has 35 heavy (non-hydrogen) atoms. The van der Waals surface area contributed by atoms with Crippen molar-refractivity contribution in [1.29, 1.82) is 0 Å². The number of aliphatic hydroxyl groups excluding tert-OH is 1. The molecule has 0 atom stereocenters. The maximum atomic E-state index is 14.5. The molecule has 2 aromatic heterocycles. The Labute approximate surface area is 202 Å². The Hall–Kier alpha value is -3.49. The zero-order valence-corrected chi connectivity index (χ0v) is 19.7. The summed E-state index contributed by atoms with van der Waals surface area (Å²) in [5, 5.41) is 14.2. The number of halogens is 1. The second-order valence-corrected chi connectivity index (χ2v) is 8.74. The molecule has 7 nitrogen and oxygen atoms in total. The number of aromatic amines is 1. The van der Waals surface area contributed by atoms with Crippen LogP contribution < -0.4 is 10.1 Å². The van der Waals surface area contributed by atoms with Crippen LogP contribution in [0, 0.1) is 5.82 Å². The summed E-state index contributed by atoms with van der Waals surface area (Å²) in [5.41, 5.74) is 5.66. The first-order valence-electron chi connectivity index (χ1n) is 12.0. The van der Waals surface area contributed by atoms with Crippen molar-refractivity contribution in [2.45, 2.75) is 26.3 Å².